The van der Waals surface area contributed by atoms with Crippen LogP contribution in [0.4, 0.5) is 0 Å². The molecule has 0 amide bonds. The summed E-state index contributed by atoms with van der Waals surface area (Å²) in [6, 6.07) is 0. The molecule has 0 aromatic rings. The van der Waals surface area contributed by atoms with E-state index in [9.17, 15) is 14.4 Å². The number of ether oxygens (including phenoxy) is 3. The Morgan fingerprint density at radius 2 is 0.487 bits per heavy atom. The van der Waals surface area contributed by atoms with Gasteiger partial charge in [-0.15, -0.1) is 0 Å². The van der Waals surface area contributed by atoms with Gasteiger partial charge in [-0.2, -0.15) is 0 Å². The third-order valence-corrected chi connectivity index (χ3v) is 16.1. The lowest BCUT2D eigenvalue weighted by Gasteiger charge is -2.18. The van der Waals surface area contributed by atoms with Crippen LogP contribution in [0.2, 0.25) is 0 Å². The molecule has 0 aliphatic heterocycles. The van der Waals surface area contributed by atoms with Gasteiger partial charge in [0, 0.05) is 19.3 Å². The fraction of sp³-hybridized carbons (Fsp3) is 0.851. The first-order valence-corrected chi connectivity index (χ1v) is 35.6. The molecule has 1 atom stereocenters. The Balaban J connectivity index is 4.17. The maximum atomic E-state index is 12.9. The van der Waals surface area contributed by atoms with Crippen LogP contribution in [0.1, 0.15) is 387 Å². The van der Waals surface area contributed by atoms with Crippen LogP contribution in [-0.4, -0.2) is 37.2 Å². The van der Waals surface area contributed by atoms with E-state index in [1.54, 1.807) is 0 Å². The maximum absolute atomic E-state index is 12.9. The minimum Gasteiger partial charge on any atom is -0.462 e. The fourth-order valence-corrected chi connectivity index (χ4v) is 10.8. The van der Waals surface area contributed by atoms with Crippen LogP contribution in [0.5, 0.6) is 0 Å². The zero-order valence-electron chi connectivity index (χ0n) is 53.9. The highest BCUT2D eigenvalue weighted by Gasteiger charge is 2.19. The number of hydrogen-bond acceptors (Lipinski definition) is 6. The van der Waals surface area contributed by atoms with E-state index in [4.69, 9.17) is 14.2 Å². The fourth-order valence-electron chi connectivity index (χ4n) is 10.8. The molecule has 6 nitrogen and oxygen atoms in total. The lowest BCUT2D eigenvalue weighted by molar-refractivity contribution is -0.167. The number of allylic oxidation sites excluding steroid dienone is 8. The van der Waals surface area contributed by atoms with Crippen molar-refractivity contribution in [1.29, 1.82) is 0 Å². The topological polar surface area (TPSA) is 78.9 Å². The van der Waals surface area contributed by atoms with Crippen LogP contribution in [0.25, 0.3) is 0 Å². The van der Waals surface area contributed by atoms with Crippen LogP contribution in [0, 0.1) is 0 Å². The zero-order chi connectivity index (χ0) is 57.8. The average Bonchev–Trinajstić information content (AvgIpc) is 3.46. The predicted octanol–water partition coefficient (Wildman–Crippen LogP) is 24.5. The van der Waals surface area contributed by atoms with Crippen LogP contribution in [0.15, 0.2) is 48.6 Å². The lowest BCUT2D eigenvalue weighted by atomic mass is 10.0. The van der Waals surface area contributed by atoms with E-state index in [1.807, 2.05) is 0 Å². The smallest absolute Gasteiger partial charge is 0.306 e. The third-order valence-electron chi connectivity index (χ3n) is 16.1. The molecule has 0 saturated heterocycles. The number of hydrogen-bond donors (Lipinski definition) is 0. The van der Waals surface area contributed by atoms with Gasteiger partial charge in [0.05, 0.1) is 0 Å². The van der Waals surface area contributed by atoms with Gasteiger partial charge in [-0.3, -0.25) is 14.4 Å². The van der Waals surface area contributed by atoms with E-state index in [0.29, 0.717) is 19.3 Å². The number of carbonyl (C=O) groups is 3. The second-order valence-electron chi connectivity index (χ2n) is 24.1. The summed E-state index contributed by atoms with van der Waals surface area (Å²) >= 11 is 0. The Bertz CT molecular complexity index is 1380. The molecule has 468 valence electrons. The molecule has 6 heteroatoms. The predicted molar refractivity (Wildman–Crippen MR) is 349 cm³/mol. The summed E-state index contributed by atoms with van der Waals surface area (Å²) in [7, 11) is 0. The van der Waals surface area contributed by atoms with Crippen molar-refractivity contribution in [2.75, 3.05) is 13.2 Å². The minimum atomic E-state index is -0.769. The highest BCUT2D eigenvalue weighted by molar-refractivity contribution is 5.71. The molecule has 1 unspecified atom stereocenters. The van der Waals surface area contributed by atoms with Gasteiger partial charge in [0.2, 0.25) is 0 Å². The van der Waals surface area contributed by atoms with Gasteiger partial charge in [-0.25, -0.2) is 0 Å². The monoisotopic (exact) mass is 1120 g/mol. The zero-order valence-corrected chi connectivity index (χ0v) is 53.9. The Hall–Kier alpha value is -2.63. The van der Waals surface area contributed by atoms with Gasteiger partial charge in [-0.05, 0) is 57.8 Å². The van der Waals surface area contributed by atoms with Crippen LogP contribution in [0.3, 0.4) is 0 Å². The molecule has 0 heterocycles. The van der Waals surface area contributed by atoms with Crippen molar-refractivity contribution in [3.05, 3.63) is 48.6 Å². The second-order valence-corrected chi connectivity index (χ2v) is 24.1. The highest BCUT2D eigenvalue weighted by Crippen LogP contribution is 2.19. The largest absolute Gasteiger partial charge is 0.462 e. The summed E-state index contributed by atoms with van der Waals surface area (Å²) in [6.45, 7) is 6.59. The first-order chi connectivity index (χ1) is 39.5. The van der Waals surface area contributed by atoms with Gasteiger partial charge >= 0.3 is 17.9 Å². The van der Waals surface area contributed by atoms with E-state index in [2.05, 4.69) is 69.4 Å². The maximum Gasteiger partial charge on any atom is 0.306 e. The molecular weight excluding hydrogens is 985 g/mol. The summed E-state index contributed by atoms with van der Waals surface area (Å²) in [5, 5.41) is 0. The van der Waals surface area contributed by atoms with E-state index in [-0.39, 0.29) is 31.1 Å². The van der Waals surface area contributed by atoms with Crippen molar-refractivity contribution in [3.63, 3.8) is 0 Å². The SMILES string of the molecule is CC/C=C\C/C=C\C/C=C\C/C=C\CCCCCCCCCCCCCCCCC(=O)OCC(COC(=O)CCCCCCCCCCCCC)OC(=O)CCCCCCCCCCCCCCCCCCCCCCCCCC. The van der Waals surface area contributed by atoms with E-state index in [1.165, 1.54) is 263 Å². The Labute approximate surface area is 498 Å². The molecule has 0 fully saturated rings. The Kier molecular flexibility index (Phi) is 66.6. The number of rotatable bonds is 66. The minimum absolute atomic E-state index is 0.0664. The van der Waals surface area contributed by atoms with E-state index in [0.717, 1.165) is 83.5 Å². The van der Waals surface area contributed by atoms with Crippen molar-refractivity contribution < 1.29 is 28.6 Å². The van der Waals surface area contributed by atoms with Crippen LogP contribution >= 0.6 is 0 Å². The average molecular weight is 1120 g/mol. The normalized spacial score (nSPS) is 12.3. The molecule has 80 heavy (non-hydrogen) atoms. The van der Waals surface area contributed by atoms with Gasteiger partial charge < -0.3 is 14.2 Å². The van der Waals surface area contributed by atoms with Crippen LogP contribution < -0.4 is 0 Å². The molecule has 0 rings (SSSR count). The summed E-state index contributed by atoms with van der Waals surface area (Å²) in [4.78, 5) is 38.4. The number of unbranched alkanes of at least 4 members (excludes halogenated alkanes) is 47. The van der Waals surface area contributed by atoms with Crippen molar-refractivity contribution in [3.8, 4) is 0 Å². The standard InChI is InChI=1S/C74H136O6/c1-4-7-10-13-16-19-22-24-26-28-30-32-34-36-37-38-40-41-43-45-47-49-52-55-58-61-64-67-73(76)79-70-71(69-78-72(75)66-63-60-57-54-51-21-18-15-12-9-6-3)80-74(77)68-65-62-59-56-53-50-48-46-44-42-39-35-33-31-29-27-25-23-20-17-14-11-8-5-2/h7,10,16,19,24,26,30,32,71H,4-6,8-9,11-15,17-18,20-23,25,27-29,31,33-70H2,1-3H3/b10-7-,19-16-,26-24-,32-30-. The Morgan fingerprint density at radius 1 is 0.263 bits per heavy atom. The van der Waals surface area contributed by atoms with Crippen molar-refractivity contribution in [2.24, 2.45) is 0 Å². The van der Waals surface area contributed by atoms with Crippen molar-refractivity contribution in [2.45, 2.75) is 393 Å². The van der Waals surface area contributed by atoms with E-state index < -0.39 is 6.10 Å². The summed E-state index contributed by atoms with van der Waals surface area (Å²) in [5.74, 6) is -0.839. The molecule has 0 bridgehead atoms. The van der Waals surface area contributed by atoms with Crippen molar-refractivity contribution >= 4 is 17.9 Å². The molecule has 0 radical (unpaired) electrons. The first kappa shape index (κ1) is 77.4. The van der Waals surface area contributed by atoms with Gasteiger partial charge in [0.1, 0.15) is 13.2 Å². The molecule has 0 aliphatic carbocycles. The van der Waals surface area contributed by atoms with Gasteiger partial charge in [0.25, 0.3) is 0 Å². The molecule has 0 saturated carbocycles. The molecular formula is C74H136O6. The Morgan fingerprint density at radius 3 is 0.762 bits per heavy atom. The highest BCUT2D eigenvalue weighted by atomic mass is 16.6. The van der Waals surface area contributed by atoms with Crippen molar-refractivity contribution in [1.82, 2.24) is 0 Å². The summed E-state index contributed by atoms with van der Waals surface area (Å²) in [6.07, 6.45) is 87.2. The molecule has 0 aliphatic rings. The lowest BCUT2D eigenvalue weighted by Crippen LogP contribution is -2.30. The molecule has 0 N–H and O–H groups in total. The molecule has 0 aromatic heterocycles. The summed E-state index contributed by atoms with van der Waals surface area (Å²) in [5.41, 5.74) is 0. The number of esters is 3. The third kappa shape index (κ3) is 66.2. The van der Waals surface area contributed by atoms with Crippen LogP contribution in [-0.2, 0) is 28.6 Å². The summed E-state index contributed by atoms with van der Waals surface area (Å²) < 4.78 is 17.0. The second kappa shape index (κ2) is 68.9. The van der Waals surface area contributed by atoms with E-state index >= 15 is 0 Å². The van der Waals surface area contributed by atoms with Gasteiger partial charge in [-0.1, -0.05) is 358 Å². The molecule has 0 aromatic carbocycles. The number of carbonyl (C=O) groups excluding carboxylic acids is 3. The molecule has 0 spiro atoms. The first-order valence-electron chi connectivity index (χ1n) is 35.6. The quantitative estimate of drug-likeness (QED) is 0.0261. The van der Waals surface area contributed by atoms with Gasteiger partial charge in [0.15, 0.2) is 6.10 Å².